The van der Waals surface area contributed by atoms with E-state index in [1.54, 1.807) is 11.1 Å². The lowest BCUT2D eigenvalue weighted by Gasteiger charge is -2.46. The summed E-state index contributed by atoms with van der Waals surface area (Å²) >= 11 is 12.8. The van der Waals surface area contributed by atoms with Crippen LogP contribution in [0, 0.1) is 17.8 Å². The molecule has 48 heavy (non-hydrogen) atoms. The first kappa shape index (κ1) is 34.2. The number of carbonyl (C=O) groups excluding carboxylic acids is 2. The summed E-state index contributed by atoms with van der Waals surface area (Å²) in [4.78, 5) is 41.8. The Hall–Kier alpha value is -3.66. The number of halogens is 2. The lowest BCUT2D eigenvalue weighted by Crippen LogP contribution is -2.58. The summed E-state index contributed by atoms with van der Waals surface area (Å²) in [6.45, 7) is 13.7. The number of pyridine rings is 1. The third-order valence-corrected chi connectivity index (χ3v) is 10.8. The average molecular weight is 693 g/mol. The van der Waals surface area contributed by atoms with Gasteiger partial charge < -0.3 is 20.1 Å². The van der Waals surface area contributed by atoms with Gasteiger partial charge >= 0.3 is 6.03 Å². The molecule has 254 valence electrons. The number of nitrogens with zero attached hydrogens (tertiary/aromatic N) is 4. The summed E-state index contributed by atoms with van der Waals surface area (Å²) in [5.74, 6) is 0.940. The van der Waals surface area contributed by atoms with E-state index in [1.807, 2.05) is 80.3 Å². The van der Waals surface area contributed by atoms with E-state index in [-0.39, 0.29) is 48.3 Å². The van der Waals surface area contributed by atoms with Crippen LogP contribution in [-0.4, -0.2) is 70.5 Å². The molecule has 1 saturated heterocycles. The molecule has 2 aromatic carbocycles. The highest BCUT2D eigenvalue weighted by Crippen LogP contribution is 2.56. The van der Waals surface area contributed by atoms with Crippen molar-refractivity contribution in [3.05, 3.63) is 93.2 Å². The fraction of sp³-hybridized carbons (Fsp3) is 0.459. The van der Waals surface area contributed by atoms with E-state index in [9.17, 15) is 4.79 Å². The number of piperidine rings is 1. The molecule has 9 nitrogen and oxygen atoms in total. The van der Waals surface area contributed by atoms with Crippen molar-refractivity contribution in [3.8, 4) is 5.75 Å². The molecule has 3 aliphatic rings. The summed E-state index contributed by atoms with van der Waals surface area (Å²) in [5, 5.41) is 13.1. The second-order valence-electron chi connectivity index (χ2n) is 14.2. The molecule has 3 amide bonds. The van der Waals surface area contributed by atoms with Crippen molar-refractivity contribution in [3.63, 3.8) is 0 Å². The minimum atomic E-state index is -1.05. The van der Waals surface area contributed by atoms with E-state index in [0.717, 1.165) is 16.8 Å². The lowest BCUT2D eigenvalue weighted by molar-refractivity contribution is -0.123. The van der Waals surface area contributed by atoms with Crippen LogP contribution in [0.15, 0.2) is 65.8 Å². The maximum atomic E-state index is 15.1. The Morgan fingerprint density at radius 3 is 2.12 bits per heavy atom. The van der Waals surface area contributed by atoms with Crippen LogP contribution < -0.4 is 10.1 Å². The van der Waals surface area contributed by atoms with Crippen molar-refractivity contribution >= 4 is 41.0 Å². The topological polar surface area (TPSA) is 107 Å². The zero-order chi connectivity index (χ0) is 34.6. The molecule has 3 heterocycles. The number of hydrogen-bond acceptors (Lipinski definition) is 6. The Bertz CT molecular complexity index is 1730. The number of aliphatic hydroxyl groups is 1. The van der Waals surface area contributed by atoms with Crippen molar-refractivity contribution in [1.29, 1.82) is 0 Å². The first-order chi connectivity index (χ1) is 22.7. The number of benzene rings is 2. The molecule has 6 rings (SSSR count). The van der Waals surface area contributed by atoms with Gasteiger partial charge in [0.1, 0.15) is 22.7 Å². The molecule has 2 N–H and O–H groups in total. The van der Waals surface area contributed by atoms with Gasteiger partial charge in [-0.3, -0.25) is 19.7 Å². The van der Waals surface area contributed by atoms with Crippen molar-refractivity contribution < 1.29 is 19.4 Å². The summed E-state index contributed by atoms with van der Waals surface area (Å²) in [5.41, 5.74) is 0.925. The van der Waals surface area contributed by atoms with Gasteiger partial charge in [0.05, 0.1) is 18.8 Å². The van der Waals surface area contributed by atoms with Crippen LogP contribution >= 0.6 is 23.2 Å². The Morgan fingerprint density at radius 1 is 1.00 bits per heavy atom. The molecule has 3 aromatic rings. The highest BCUT2D eigenvalue weighted by Gasteiger charge is 2.64. The molecular weight excluding hydrogens is 649 g/mol. The first-order valence-electron chi connectivity index (χ1n) is 16.5. The van der Waals surface area contributed by atoms with Crippen LogP contribution in [0.3, 0.4) is 0 Å². The van der Waals surface area contributed by atoms with Crippen molar-refractivity contribution in [2.45, 2.75) is 58.0 Å². The minimum absolute atomic E-state index is 0.0618. The van der Waals surface area contributed by atoms with Gasteiger partial charge in [-0.1, -0.05) is 68.2 Å². The minimum Gasteiger partial charge on any atom is -0.493 e. The number of carbonyl (C=O) groups is 2. The number of amides is 3. The highest BCUT2D eigenvalue weighted by molar-refractivity contribution is 6.30. The molecule has 1 aromatic heterocycles. The SMILES string of the molecule is CCOc1cc(C(C)(C)C)ncc1C1=N[C@@](C)(c2ccc(Cl)cc2)[C@@](C)(c2ccc(Cl)cc2)N1C(=O)N1C[C@@H]2C(C(=O)NCCO)[C@@H]2C1. The Balaban J connectivity index is 1.50. The maximum absolute atomic E-state index is 15.1. The van der Waals surface area contributed by atoms with Gasteiger partial charge in [0.15, 0.2) is 0 Å². The molecule has 11 heteroatoms. The number of urea groups is 1. The molecule has 0 spiro atoms. The molecule has 2 fully saturated rings. The van der Waals surface area contributed by atoms with Crippen LogP contribution in [0.2, 0.25) is 10.0 Å². The predicted molar refractivity (Wildman–Crippen MR) is 188 cm³/mol. The first-order valence-corrected chi connectivity index (χ1v) is 17.2. The normalized spacial score (nSPS) is 26.3. The van der Waals surface area contributed by atoms with E-state index < -0.39 is 11.1 Å². The number of nitrogens with one attached hydrogen (secondary N) is 1. The third-order valence-electron chi connectivity index (χ3n) is 10.3. The van der Waals surface area contributed by atoms with E-state index in [4.69, 9.17) is 43.0 Å². The molecule has 5 atom stereocenters. The van der Waals surface area contributed by atoms with Crippen LogP contribution in [0.25, 0.3) is 0 Å². The van der Waals surface area contributed by atoms with E-state index in [0.29, 0.717) is 46.9 Å². The van der Waals surface area contributed by atoms with Gasteiger partial charge in [-0.25, -0.2) is 4.79 Å². The maximum Gasteiger partial charge on any atom is 0.326 e. The lowest BCUT2D eigenvalue weighted by atomic mass is 9.71. The summed E-state index contributed by atoms with van der Waals surface area (Å²) in [6.07, 6.45) is 1.77. The van der Waals surface area contributed by atoms with Gasteiger partial charge in [0, 0.05) is 59.0 Å². The van der Waals surface area contributed by atoms with Crippen LogP contribution in [-0.2, 0) is 21.3 Å². The second kappa shape index (κ2) is 12.7. The van der Waals surface area contributed by atoms with Crippen LogP contribution in [0.4, 0.5) is 4.79 Å². The standard InChI is InChI=1S/C37H43Cl2N5O4/c1-7-48-29-18-30(35(2,3)4)41-19-26(29)32-42-36(5,22-8-12-24(38)13-9-22)37(6,23-10-14-25(39)15-11-23)44(32)34(47)43-20-27-28(21-43)31(27)33(46)40-16-17-45/h8-15,18-19,27-28,31,45H,7,16-17,20-21H2,1-6H3,(H,40,46)/t27-,28+,31?,36-,37+/m0/s1. The number of rotatable bonds is 8. The number of hydrogen-bond donors (Lipinski definition) is 2. The van der Waals surface area contributed by atoms with Crippen molar-refractivity contribution in [2.24, 2.45) is 22.7 Å². The monoisotopic (exact) mass is 691 g/mol. The number of aliphatic imine (C=N–C) groups is 1. The zero-order valence-electron chi connectivity index (χ0n) is 28.3. The van der Waals surface area contributed by atoms with Crippen LogP contribution in [0.1, 0.15) is 63.9 Å². The number of fused-ring (bicyclic) bond motifs is 1. The smallest absolute Gasteiger partial charge is 0.326 e. The number of likely N-dealkylation sites (tertiary alicyclic amines) is 1. The van der Waals surface area contributed by atoms with Crippen molar-refractivity contribution in [1.82, 2.24) is 20.1 Å². The molecule has 2 aliphatic heterocycles. The summed E-state index contributed by atoms with van der Waals surface area (Å²) in [6, 6.07) is 16.9. The van der Waals surface area contributed by atoms with E-state index >= 15 is 4.79 Å². The van der Waals surface area contributed by atoms with Crippen molar-refractivity contribution in [2.75, 3.05) is 32.8 Å². The van der Waals surface area contributed by atoms with Crippen LogP contribution in [0.5, 0.6) is 5.75 Å². The van der Waals surface area contributed by atoms with Gasteiger partial charge in [0.2, 0.25) is 5.91 Å². The zero-order valence-corrected chi connectivity index (χ0v) is 29.8. The molecular formula is C37H43Cl2N5O4. The molecule has 1 aliphatic carbocycles. The second-order valence-corrected chi connectivity index (χ2v) is 15.1. The fourth-order valence-electron chi connectivity index (χ4n) is 7.37. The van der Waals surface area contributed by atoms with Gasteiger partial charge in [-0.2, -0.15) is 0 Å². The number of aromatic nitrogens is 1. The average Bonchev–Trinajstić information content (AvgIpc) is 3.43. The summed E-state index contributed by atoms with van der Waals surface area (Å²) in [7, 11) is 0. The fourth-order valence-corrected chi connectivity index (χ4v) is 7.62. The quantitative estimate of drug-likeness (QED) is 0.285. The third kappa shape index (κ3) is 5.73. The Labute approximate surface area is 292 Å². The Kier molecular flexibility index (Phi) is 9.02. The molecule has 0 radical (unpaired) electrons. The number of amidine groups is 1. The molecule has 1 unspecified atom stereocenters. The van der Waals surface area contributed by atoms with E-state index in [2.05, 4.69) is 26.1 Å². The highest BCUT2D eigenvalue weighted by atomic mass is 35.5. The summed E-state index contributed by atoms with van der Waals surface area (Å²) < 4.78 is 6.25. The van der Waals surface area contributed by atoms with Gasteiger partial charge in [-0.05, 0) is 68.0 Å². The Morgan fingerprint density at radius 2 is 1.58 bits per heavy atom. The number of aliphatic hydroxyl groups excluding tert-OH is 1. The van der Waals surface area contributed by atoms with Gasteiger partial charge in [0.25, 0.3) is 0 Å². The molecule has 0 bridgehead atoms. The predicted octanol–water partition coefficient (Wildman–Crippen LogP) is 6.38. The van der Waals surface area contributed by atoms with E-state index in [1.165, 1.54) is 0 Å². The van der Waals surface area contributed by atoms with Gasteiger partial charge in [-0.15, -0.1) is 0 Å². The molecule has 1 saturated carbocycles. The number of ether oxygens (including phenoxy) is 1. The largest absolute Gasteiger partial charge is 0.493 e.